The van der Waals surface area contributed by atoms with Crippen LogP contribution in [-0.2, 0) is 20.9 Å². The molecule has 144 valence electrons. The van der Waals surface area contributed by atoms with Crippen molar-refractivity contribution in [2.24, 2.45) is 5.92 Å². The van der Waals surface area contributed by atoms with Crippen LogP contribution < -0.4 is 10.6 Å². The lowest BCUT2D eigenvalue weighted by atomic mass is 10.0. The molecule has 1 aromatic heterocycles. The summed E-state index contributed by atoms with van der Waals surface area (Å²) in [5.41, 5.74) is 1.40. The van der Waals surface area contributed by atoms with Crippen molar-refractivity contribution in [2.75, 3.05) is 11.9 Å². The van der Waals surface area contributed by atoms with Crippen molar-refractivity contribution in [1.29, 1.82) is 0 Å². The molecule has 1 aliphatic carbocycles. The van der Waals surface area contributed by atoms with Crippen molar-refractivity contribution in [3.8, 4) is 0 Å². The number of amides is 2. The summed E-state index contributed by atoms with van der Waals surface area (Å²) in [5.74, 6) is -0.620. The van der Waals surface area contributed by atoms with Crippen LogP contribution in [0.2, 0.25) is 0 Å². The predicted octanol–water partition coefficient (Wildman–Crippen LogP) is 2.75. The molecule has 3 N–H and O–H groups in total. The van der Waals surface area contributed by atoms with Gasteiger partial charge in [-0.25, -0.2) is 0 Å². The standard InChI is InChI=1S/C20H25N3O4/c24-18(8-5-14-3-1-2-4-14)21-12-19(25)22-16-6-7-17-15(11-16)9-10-23(17)13-20(26)27/h6-7,9-11,14H,1-5,8,12-13H2,(H,21,24)(H,22,25)(H,26,27). The Kier molecular flexibility index (Phi) is 6.11. The number of hydrogen-bond donors (Lipinski definition) is 3. The van der Waals surface area contributed by atoms with Crippen molar-refractivity contribution in [3.05, 3.63) is 30.5 Å². The van der Waals surface area contributed by atoms with E-state index in [1.165, 1.54) is 25.7 Å². The van der Waals surface area contributed by atoms with Crippen LogP contribution in [0.3, 0.4) is 0 Å². The Hall–Kier alpha value is -2.83. The van der Waals surface area contributed by atoms with E-state index in [9.17, 15) is 14.4 Å². The third-order valence-electron chi connectivity index (χ3n) is 5.06. The van der Waals surface area contributed by atoms with Gasteiger partial charge in [-0.15, -0.1) is 0 Å². The molecule has 1 fully saturated rings. The van der Waals surface area contributed by atoms with E-state index in [4.69, 9.17) is 5.11 Å². The summed E-state index contributed by atoms with van der Waals surface area (Å²) >= 11 is 0. The zero-order valence-electron chi connectivity index (χ0n) is 15.2. The summed E-state index contributed by atoms with van der Waals surface area (Å²) in [6, 6.07) is 7.08. The highest BCUT2D eigenvalue weighted by atomic mass is 16.4. The number of carbonyl (C=O) groups excluding carboxylic acids is 2. The van der Waals surface area contributed by atoms with Crippen molar-refractivity contribution in [2.45, 2.75) is 45.1 Å². The summed E-state index contributed by atoms with van der Waals surface area (Å²) in [6.07, 6.45) is 8.03. The van der Waals surface area contributed by atoms with E-state index in [1.54, 1.807) is 35.0 Å². The highest BCUT2D eigenvalue weighted by Gasteiger charge is 2.16. The summed E-state index contributed by atoms with van der Waals surface area (Å²) in [4.78, 5) is 34.8. The van der Waals surface area contributed by atoms with Gasteiger partial charge in [-0.05, 0) is 36.6 Å². The molecule has 2 amide bonds. The van der Waals surface area contributed by atoms with Crippen molar-refractivity contribution >= 4 is 34.4 Å². The number of carbonyl (C=O) groups is 3. The Morgan fingerprint density at radius 3 is 2.63 bits per heavy atom. The fraction of sp³-hybridized carbons (Fsp3) is 0.450. The molecule has 0 atom stereocenters. The van der Waals surface area contributed by atoms with Gasteiger partial charge in [-0.3, -0.25) is 14.4 Å². The highest BCUT2D eigenvalue weighted by Crippen LogP contribution is 2.28. The number of aromatic nitrogens is 1. The molecule has 3 rings (SSSR count). The van der Waals surface area contributed by atoms with Gasteiger partial charge in [0, 0.05) is 29.2 Å². The van der Waals surface area contributed by atoms with Crippen LogP contribution in [0.25, 0.3) is 10.9 Å². The maximum Gasteiger partial charge on any atom is 0.323 e. The number of hydrogen-bond acceptors (Lipinski definition) is 3. The molecule has 0 spiro atoms. The Bertz CT molecular complexity index is 837. The average Bonchev–Trinajstić information content (AvgIpc) is 3.28. The number of benzene rings is 1. The van der Waals surface area contributed by atoms with Crippen molar-refractivity contribution < 1.29 is 19.5 Å². The van der Waals surface area contributed by atoms with E-state index >= 15 is 0 Å². The van der Waals surface area contributed by atoms with E-state index in [1.807, 2.05) is 0 Å². The third kappa shape index (κ3) is 5.32. The van der Waals surface area contributed by atoms with Crippen LogP contribution in [0, 0.1) is 5.92 Å². The first-order valence-corrected chi connectivity index (χ1v) is 9.38. The average molecular weight is 371 g/mol. The molecule has 2 aromatic rings. The zero-order chi connectivity index (χ0) is 19.2. The Balaban J connectivity index is 1.47. The van der Waals surface area contributed by atoms with E-state index in [2.05, 4.69) is 10.6 Å². The van der Waals surface area contributed by atoms with Gasteiger partial charge in [0.1, 0.15) is 6.54 Å². The zero-order valence-corrected chi connectivity index (χ0v) is 15.2. The molecule has 1 aliphatic rings. The van der Waals surface area contributed by atoms with E-state index in [-0.39, 0.29) is 24.9 Å². The second-order valence-corrected chi connectivity index (χ2v) is 7.13. The summed E-state index contributed by atoms with van der Waals surface area (Å²) < 4.78 is 1.63. The maximum absolute atomic E-state index is 12.1. The summed E-state index contributed by atoms with van der Waals surface area (Å²) in [7, 11) is 0. The quantitative estimate of drug-likeness (QED) is 0.664. The topological polar surface area (TPSA) is 100 Å². The fourth-order valence-corrected chi connectivity index (χ4v) is 3.67. The monoisotopic (exact) mass is 371 g/mol. The Labute approximate surface area is 157 Å². The summed E-state index contributed by atoms with van der Waals surface area (Å²) in [5, 5.41) is 15.2. The van der Waals surface area contributed by atoms with Gasteiger partial charge in [0.15, 0.2) is 0 Å². The van der Waals surface area contributed by atoms with E-state index in [0.29, 0.717) is 18.0 Å². The second kappa shape index (κ2) is 8.70. The Morgan fingerprint density at radius 1 is 1.11 bits per heavy atom. The lowest BCUT2D eigenvalue weighted by Crippen LogP contribution is -2.32. The number of anilines is 1. The van der Waals surface area contributed by atoms with Gasteiger partial charge >= 0.3 is 5.97 Å². The SMILES string of the molecule is O=C(O)Cn1ccc2cc(NC(=O)CNC(=O)CCC3CCCC3)ccc21. The second-order valence-electron chi connectivity index (χ2n) is 7.13. The minimum absolute atomic E-state index is 0.0540. The summed E-state index contributed by atoms with van der Waals surface area (Å²) in [6.45, 7) is -0.163. The number of carboxylic acids is 1. The van der Waals surface area contributed by atoms with E-state index < -0.39 is 5.97 Å². The smallest absolute Gasteiger partial charge is 0.323 e. The number of fused-ring (bicyclic) bond motifs is 1. The first-order valence-electron chi connectivity index (χ1n) is 9.38. The normalized spacial score (nSPS) is 14.4. The van der Waals surface area contributed by atoms with Gasteiger partial charge in [0.2, 0.25) is 11.8 Å². The molecule has 0 radical (unpaired) electrons. The van der Waals surface area contributed by atoms with E-state index in [0.717, 1.165) is 17.3 Å². The van der Waals surface area contributed by atoms with Gasteiger partial charge in [-0.2, -0.15) is 0 Å². The molecular formula is C20H25N3O4. The van der Waals surface area contributed by atoms with Crippen molar-refractivity contribution in [3.63, 3.8) is 0 Å². The minimum Gasteiger partial charge on any atom is -0.480 e. The molecule has 0 aliphatic heterocycles. The molecule has 0 saturated heterocycles. The number of carboxylic acid groups (broad SMARTS) is 1. The Morgan fingerprint density at radius 2 is 1.89 bits per heavy atom. The number of nitrogens with zero attached hydrogens (tertiary/aromatic N) is 1. The molecule has 1 aromatic carbocycles. The van der Waals surface area contributed by atoms with Crippen LogP contribution in [0.1, 0.15) is 38.5 Å². The molecule has 1 saturated carbocycles. The lowest BCUT2D eigenvalue weighted by molar-refractivity contribution is -0.137. The van der Waals surface area contributed by atoms with Gasteiger partial charge in [0.05, 0.1) is 6.54 Å². The molecule has 0 bridgehead atoms. The molecule has 1 heterocycles. The third-order valence-corrected chi connectivity index (χ3v) is 5.06. The van der Waals surface area contributed by atoms with Crippen molar-refractivity contribution in [1.82, 2.24) is 9.88 Å². The van der Waals surface area contributed by atoms with Crippen LogP contribution in [-0.4, -0.2) is 34.0 Å². The minimum atomic E-state index is -0.909. The van der Waals surface area contributed by atoms with Crippen LogP contribution in [0.15, 0.2) is 30.5 Å². The van der Waals surface area contributed by atoms with Gasteiger partial charge in [0.25, 0.3) is 0 Å². The van der Waals surface area contributed by atoms with Gasteiger partial charge < -0.3 is 20.3 Å². The first kappa shape index (κ1) is 18.9. The first-order chi connectivity index (χ1) is 13.0. The molecule has 0 unspecified atom stereocenters. The molecule has 7 heteroatoms. The van der Waals surface area contributed by atoms with Gasteiger partial charge in [-0.1, -0.05) is 25.7 Å². The maximum atomic E-state index is 12.1. The van der Waals surface area contributed by atoms with Crippen LogP contribution in [0.4, 0.5) is 5.69 Å². The highest BCUT2D eigenvalue weighted by molar-refractivity contribution is 5.96. The number of aliphatic carboxylic acids is 1. The molecule has 27 heavy (non-hydrogen) atoms. The van der Waals surface area contributed by atoms with Crippen LogP contribution >= 0.6 is 0 Å². The number of nitrogens with one attached hydrogen (secondary N) is 2. The fourth-order valence-electron chi connectivity index (χ4n) is 3.67. The molecule has 7 nitrogen and oxygen atoms in total. The molecular weight excluding hydrogens is 346 g/mol. The van der Waals surface area contributed by atoms with Crippen LogP contribution in [0.5, 0.6) is 0 Å². The largest absolute Gasteiger partial charge is 0.480 e. The number of rotatable bonds is 8. The predicted molar refractivity (Wildman–Crippen MR) is 102 cm³/mol. The lowest BCUT2D eigenvalue weighted by Gasteiger charge is -2.10.